The number of hydrogen-bond acceptors (Lipinski definition) is 4. The second-order valence-corrected chi connectivity index (χ2v) is 8.05. The van der Waals surface area contributed by atoms with Crippen molar-refractivity contribution in [2.24, 2.45) is 0 Å². The third kappa shape index (κ3) is 3.51. The Hall–Kier alpha value is -3.02. The molecule has 1 atom stereocenters. The molecule has 1 aliphatic heterocycles. The van der Waals surface area contributed by atoms with Gasteiger partial charge in [0.1, 0.15) is 5.82 Å². The summed E-state index contributed by atoms with van der Waals surface area (Å²) in [5.41, 5.74) is 2.70. The van der Waals surface area contributed by atoms with E-state index in [0.29, 0.717) is 29.6 Å². The number of para-hydroxylation sites is 3. The van der Waals surface area contributed by atoms with Gasteiger partial charge in [0.2, 0.25) is 0 Å². The van der Waals surface area contributed by atoms with Crippen LogP contribution in [-0.4, -0.2) is 47.7 Å². The van der Waals surface area contributed by atoms with Crippen molar-refractivity contribution in [3.05, 3.63) is 53.9 Å². The van der Waals surface area contributed by atoms with Crippen LogP contribution in [-0.2, 0) is 0 Å². The van der Waals surface area contributed by atoms with Crippen LogP contribution in [0.4, 0.5) is 0 Å². The molecule has 1 fully saturated rings. The van der Waals surface area contributed by atoms with Crippen LogP contribution in [0.5, 0.6) is 11.5 Å². The number of carbonyl (C=O) groups excluding carboxylic acids is 1. The molecule has 0 saturated carbocycles. The molecule has 2 aromatic carbocycles. The highest BCUT2D eigenvalue weighted by Crippen LogP contribution is 2.35. The van der Waals surface area contributed by atoms with Gasteiger partial charge in [-0.2, -0.15) is 0 Å². The smallest absolute Gasteiger partial charge is 0.257 e. The molecule has 4 rings (SSSR count). The van der Waals surface area contributed by atoms with E-state index in [1.807, 2.05) is 17.0 Å². The number of aromatic nitrogens is 2. The Balaban J connectivity index is 1.66. The van der Waals surface area contributed by atoms with Gasteiger partial charge in [-0.1, -0.05) is 18.2 Å². The molecular formula is C24H29N3O3. The van der Waals surface area contributed by atoms with E-state index in [2.05, 4.69) is 36.6 Å². The van der Waals surface area contributed by atoms with E-state index >= 15 is 0 Å². The number of amides is 1. The second-order valence-electron chi connectivity index (χ2n) is 8.05. The monoisotopic (exact) mass is 407 g/mol. The molecule has 6 heteroatoms. The topological polar surface area (TPSA) is 56.6 Å². The Morgan fingerprint density at radius 3 is 2.63 bits per heavy atom. The maximum atomic E-state index is 13.4. The van der Waals surface area contributed by atoms with Crippen molar-refractivity contribution < 1.29 is 14.3 Å². The minimum absolute atomic E-state index is 0.0253. The van der Waals surface area contributed by atoms with Crippen LogP contribution in [0.25, 0.3) is 11.0 Å². The summed E-state index contributed by atoms with van der Waals surface area (Å²) in [4.78, 5) is 20.3. The molecule has 0 spiro atoms. The lowest BCUT2D eigenvalue weighted by Gasteiger charge is -2.33. The number of ether oxygens (including phenoxy) is 2. The second kappa shape index (κ2) is 8.38. The molecule has 0 N–H and O–H groups in total. The number of rotatable bonds is 5. The highest BCUT2D eigenvalue weighted by molar-refractivity contribution is 5.98. The Bertz CT molecular complexity index is 1060. The van der Waals surface area contributed by atoms with Crippen molar-refractivity contribution in [2.75, 3.05) is 27.3 Å². The van der Waals surface area contributed by atoms with Gasteiger partial charge < -0.3 is 18.9 Å². The van der Waals surface area contributed by atoms with Crippen LogP contribution in [0.2, 0.25) is 0 Å². The molecule has 0 bridgehead atoms. The van der Waals surface area contributed by atoms with Gasteiger partial charge in [-0.3, -0.25) is 4.79 Å². The molecule has 6 nitrogen and oxygen atoms in total. The highest BCUT2D eigenvalue weighted by atomic mass is 16.5. The minimum atomic E-state index is -0.0253. The van der Waals surface area contributed by atoms with Gasteiger partial charge in [-0.15, -0.1) is 0 Å². The Kier molecular flexibility index (Phi) is 5.66. The Labute approximate surface area is 177 Å². The van der Waals surface area contributed by atoms with Crippen molar-refractivity contribution in [1.29, 1.82) is 0 Å². The van der Waals surface area contributed by atoms with E-state index in [1.54, 1.807) is 26.4 Å². The summed E-state index contributed by atoms with van der Waals surface area (Å²) in [5.74, 6) is 2.30. The third-order valence-electron chi connectivity index (χ3n) is 5.85. The number of benzene rings is 2. The lowest BCUT2D eigenvalue weighted by Crippen LogP contribution is -2.40. The molecule has 1 saturated heterocycles. The van der Waals surface area contributed by atoms with E-state index in [1.165, 1.54) is 0 Å². The van der Waals surface area contributed by atoms with Crippen LogP contribution in [0.3, 0.4) is 0 Å². The molecule has 1 aromatic heterocycles. The van der Waals surface area contributed by atoms with Crippen LogP contribution in [0.1, 0.15) is 54.8 Å². The summed E-state index contributed by atoms with van der Waals surface area (Å²) in [6.07, 6.45) is 1.97. The number of piperidine rings is 1. The summed E-state index contributed by atoms with van der Waals surface area (Å²) in [6, 6.07) is 14.0. The van der Waals surface area contributed by atoms with Crippen LogP contribution >= 0.6 is 0 Å². The Morgan fingerprint density at radius 1 is 1.10 bits per heavy atom. The van der Waals surface area contributed by atoms with Crippen LogP contribution in [0, 0.1) is 0 Å². The molecule has 1 unspecified atom stereocenters. The molecule has 0 radical (unpaired) electrons. The first-order valence-electron chi connectivity index (χ1n) is 10.5. The normalized spacial score (nSPS) is 16.8. The van der Waals surface area contributed by atoms with Gasteiger partial charge in [0.25, 0.3) is 5.91 Å². The number of methoxy groups -OCH3 is 2. The minimum Gasteiger partial charge on any atom is -0.493 e. The van der Waals surface area contributed by atoms with Crippen molar-refractivity contribution in [1.82, 2.24) is 14.5 Å². The van der Waals surface area contributed by atoms with E-state index in [-0.39, 0.29) is 11.8 Å². The zero-order valence-electron chi connectivity index (χ0n) is 18.1. The molecular weight excluding hydrogens is 378 g/mol. The van der Waals surface area contributed by atoms with Crippen molar-refractivity contribution >= 4 is 16.9 Å². The maximum absolute atomic E-state index is 13.4. The van der Waals surface area contributed by atoms with Gasteiger partial charge in [0.15, 0.2) is 11.5 Å². The predicted octanol–water partition coefficient (Wildman–Crippen LogP) is 4.65. The SMILES string of the molecule is COc1cccc(C(=O)N2CCCC(c3nc4ccccc4n3C(C)C)C2)c1OC. The number of hydrogen-bond donors (Lipinski definition) is 0. The summed E-state index contributed by atoms with van der Waals surface area (Å²) in [7, 11) is 3.15. The molecule has 2 heterocycles. The molecule has 1 aliphatic rings. The maximum Gasteiger partial charge on any atom is 0.257 e. The summed E-state index contributed by atoms with van der Waals surface area (Å²) in [6.45, 7) is 5.75. The Morgan fingerprint density at radius 2 is 1.90 bits per heavy atom. The first-order valence-corrected chi connectivity index (χ1v) is 10.5. The van der Waals surface area contributed by atoms with Crippen LogP contribution < -0.4 is 9.47 Å². The molecule has 30 heavy (non-hydrogen) atoms. The lowest BCUT2D eigenvalue weighted by atomic mass is 9.96. The average Bonchev–Trinajstić information content (AvgIpc) is 3.18. The number of imidazole rings is 1. The first kappa shape index (κ1) is 20.3. The largest absolute Gasteiger partial charge is 0.493 e. The molecule has 158 valence electrons. The number of nitrogens with zero attached hydrogens (tertiary/aromatic N) is 3. The fraction of sp³-hybridized carbons (Fsp3) is 0.417. The van der Waals surface area contributed by atoms with Gasteiger partial charge in [0, 0.05) is 25.0 Å². The molecule has 0 aliphatic carbocycles. The number of fused-ring (bicyclic) bond motifs is 1. The highest BCUT2D eigenvalue weighted by Gasteiger charge is 2.31. The summed E-state index contributed by atoms with van der Waals surface area (Å²) in [5, 5.41) is 0. The fourth-order valence-electron chi connectivity index (χ4n) is 4.49. The quantitative estimate of drug-likeness (QED) is 0.618. The standard InChI is InChI=1S/C24H29N3O3/c1-16(2)27-20-12-6-5-11-19(20)25-23(27)17-9-8-14-26(15-17)24(28)18-10-7-13-21(29-3)22(18)30-4/h5-7,10-13,16-17H,8-9,14-15H2,1-4H3. The van der Waals surface area contributed by atoms with E-state index < -0.39 is 0 Å². The van der Waals surface area contributed by atoms with Gasteiger partial charge in [-0.25, -0.2) is 4.98 Å². The summed E-state index contributed by atoms with van der Waals surface area (Å²) < 4.78 is 13.2. The zero-order valence-corrected chi connectivity index (χ0v) is 18.1. The predicted molar refractivity (Wildman–Crippen MR) is 118 cm³/mol. The van der Waals surface area contributed by atoms with Crippen molar-refractivity contribution in [2.45, 2.75) is 38.6 Å². The van der Waals surface area contributed by atoms with E-state index in [0.717, 1.165) is 36.2 Å². The first-order chi connectivity index (χ1) is 14.5. The van der Waals surface area contributed by atoms with Gasteiger partial charge in [0.05, 0.1) is 30.8 Å². The average molecular weight is 408 g/mol. The third-order valence-corrected chi connectivity index (χ3v) is 5.85. The van der Waals surface area contributed by atoms with Crippen molar-refractivity contribution in [3.8, 4) is 11.5 Å². The van der Waals surface area contributed by atoms with E-state index in [9.17, 15) is 4.79 Å². The van der Waals surface area contributed by atoms with Crippen LogP contribution in [0.15, 0.2) is 42.5 Å². The lowest BCUT2D eigenvalue weighted by molar-refractivity contribution is 0.0699. The molecule has 1 amide bonds. The van der Waals surface area contributed by atoms with Gasteiger partial charge in [-0.05, 0) is 51.0 Å². The summed E-state index contributed by atoms with van der Waals surface area (Å²) >= 11 is 0. The fourth-order valence-corrected chi connectivity index (χ4v) is 4.49. The van der Waals surface area contributed by atoms with Gasteiger partial charge >= 0.3 is 0 Å². The number of likely N-dealkylation sites (tertiary alicyclic amines) is 1. The zero-order chi connectivity index (χ0) is 21.3. The van der Waals surface area contributed by atoms with Crippen molar-refractivity contribution in [3.63, 3.8) is 0 Å². The number of carbonyl (C=O) groups is 1. The molecule has 3 aromatic rings. The van der Waals surface area contributed by atoms with E-state index in [4.69, 9.17) is 14.5 Å².